The van der Waals surface area contributed by atoms with Crippen LogP contribution < -0.4 is 0 Å². The van der Waals surface area contributed by atoms with Crippen LogP contribution in [0.4, 0.5) is 0 Å². The first-order valence-corrected chi connectivity index (χ1v) is 4.18. The third-order valence-corrected chi connectivity index (χ3v) is 3.34. The van der Waals surface area contributed by atoms with Crippen LogP contribution in [0, 0.1) is 22.7 Å². The molecule has 0 unspecified atom stereocenters. The molecule has 2 saturated heterocycles. The number of fused-ring (bicyclic) bond motifs is 1. The fourth-order valence-corrected chi connectivity index (χ4v) is 2.26. The Bertz CT molecular complexity index is 220. The average molecular weight is 151 g/mol. The summed E-state index contributed by atoms with van der Waals surface area (Å²) in [7, 11) is 0. The molecule has 2 heterocycles. The molecule has 0 aromatic heterocycles. The lowest BCUT2D eigenvalue weighted by atomic mass is 9.58. The van der Waals surface area contributed by atoms with E-state index in [9.17, 15) is 0 Å². The van der Waals surface area contributed by atoms with Crippen molar-refractivity contribution in [1.82, 2.24) is 0 Å². The summed E-state index contributed by atoms with van der Waals surface area (Å²) >= 11 is 0. The summed E-state index contributed by atoms with van der Waals surface area (Å²) in [5.74, 6) is 0.659. The van der Waals surface area contributed by atoms with E-state index in [2.05, 4.69) is 19.9 Å². The minimum atomic E-state index is -0.371. The molecule has 60 valence electrons. The molecule has 0 radical (unpaired) electrons. The van der Waals surface area contributed by atoms with Gasteiger partial charge in [-0.25, -0.2) is 0 Å². The van der Waals surface area contributed by atoms with Crippen molar-refractivity contribution >= 4 is 0 Å². The van der Waals surface area contributed by atoms with Crippen molar-refractivity contribution in [1.29, 1.82) is 5.26 Å². The molecular formula is C9H13NO. The highest BCUT2D eigenvalue weighted by molar-refractivity contribution is 5.22. The molecule has 0 atom stereocenters. The average Bonchev–Trinajstić information content (AvgIpc) is 2.39. The summed E-state index contributed by atoms with van der Waals surface area (Å²) in [5, 5.41) is 8.78. The van der Waals surface area contributed by atoms with E-state index in [4.69, 9.17) is 10.00 Å². The van der Waals surface area contributed by atoms with E-state index in [1.54, 1.807) is 0 Å². The predicted molar refractivity (Wildman–Crippen MR) is 40.8 cm³/mol. The summed E-state index contributed by atoms with van der Waals surface area (Å²) < 4.78 is 5.47. The maximum atomic E-state index is 8.78. The first-order valence-electron chi connectivity index (χ1n) is 4.18. The molecule has 0 aromatic rings. The molecule has 0 spiro atoms. The maximum Gasteiger partial charge on any atom is 0.155 e. The van der Waals surface area contributed by atoms with Crippen LogP contribution in [0.25, 0.3) is 0 Å². The van der Waals surface area contributed by atoms with E-state index < -0.39 is 0 Å². The minimum absolute atomic E-state index is 0.357. The van der Waals surface area contributed by atoms with Gasteiger partial charge in [-0.15, -0.1) is 0 Å². The highest BCUT2D eigenvalue weighted by Crippen LogP contribution is 2.60. The van der Waals surface area contributed by atoms with Crippen LogP contribution in [-0.4, -0.2) is 12.2 Å². The second-order valence-electron chi connectivity index (χ2n) is 4.27. The predicted octanol–water partition coefficient (Wildman–Crippen LogP) is 1.72. The standard InChI is InChI=1S/C9H13NO/c1-7(2)8-3-9(4-8,5-10)11-6-8/h7H,3-4,6H2,1-2H3. The van der Waals surface area contributed by atoms with Crippen molar-refractivity contribution in [2.24, 2.45) is 11.3 Å². The van der Waals surface area contributed by atoms with Crippen molar-refractivity contribution < 1.29 is 4.74 Å². The fraction of sp³-hybridized carbons (Fsp3) is 0.889. The Morgan fingerprint density at radius 2 is 2.09 bits per heavy atom. The Balaban J connectivity index is 2.16. The fourth-order valence-electron chi connectivity index (χ4n) is 2.26. The van der Waals surface area contributed by atoms with Crippen molar-refractivity contribution in [3.8, 4) is 6.07 Å². The summed E-state index contributed by atoms with van der Waals surface area (Å²) in [5.41, 5.74) is -0.0139. The van der Waals surface area contributed by atoms with Gasteiger partial charge < -0.3 is 4.74 Å². The zero-order valence-electron chi connectivity index (χ0n) is 7.05. The molecule has 3 fully saturated rings. The SMILES string of the molecule is CC(C)C12COC(C#N)(C1)C2. The van der Waals surface area contributed by atoms with Gasteiger partial charge in [-0.2, -0.15) is 5.26 Å². The molecule has 2 nitrogen and oxygen atoms in total. The van der Waals surface area contributed by atoms with E-state index in [0.717, 1.165) is 19.4 Å². The van der Waals surface area contributed by atoms with Crippen LogP contribution in [-0.2, 0) is 4.74 Å². The van der Waals surface area contributed by atoms with E-state index in [-0.39, 0.29) is 5.60 Å². The van der Waals surface area contributed by atoms with Crippen molar-refractivity contribution in [2.45, 2.75) is 32.3 Å². The molecule has 1 saturated carbocycles. The number of rotatable bonds is 1. The Hall–Kier alpha value is -0.550. The molecule has 11 heavy (non-hydrogen) atoms. The Labute approximate surface area is 67.2 Å². The minimum Gasteiger partial charge on any atom is -0.360 e. The normalized spacial score (nSPS) is 47.1. The van der Waals surface area contributed by atoms with Gasteiger partial charge in [0.1, 0.15) is 0 Å². The van der Waals surface area contributed by atoms with E-state index >= 15 is 0 Å². The molecule has 1 aliphatic carbocycles. The van der Waals surface area contributed by atoms with Gasteiger partial charge in [-0.05, 0) is 18.8 Å². The van der Waals surface area contributed by atoms with Gasteiger partial charge in [0, 0.05) is 5.41 Å². The molecule has 3 aliphatic rings. The first-order chi connectivity index (χ1) is 5.13. The number of hydrogen-bond acceptors (Lipinski definition) is 2. The van der Waals surface area contributed by atoms with Crippen LogP contribution >= 0.6 is 0 Å². The van der Waals surface area contributed by atoms with Crippen molar-refractivity contribution in [2.75, 3.05) is 6.61 Å². The second kappa shape index (κ2) is 1.78. The Morgan fingerprint density at radius 3 is 2.36 bits per heavy atom. The van der Waals surface area contributed by atoms with Crippen LogP contribution in [0.15, 0.2) is 0 Å². The molecule has 2 aliphatic heterocycles. The van der Waals surface area contributed by atoms with Crippen LogP contribution in [0.2, 0.25) is 0 Å². The maximum absolute atomic E-state index is 8.78. The van der Waals surface area contributed by atoms with E-state index in [1.807, 2.05) is 0 Å². The molecule has 3 rings (SSSR count). The molecule has 0 N–H and O–H groups in total. The number of ether oxygens (including phenoxy) is 1. The number of nitriles is 1. The molecule has 2 bridgehead atoms. The van der Waals surface area contributed by atoms with Crippen LogP contribution in [0.1, 0.15) is 26.7 Å². The Morgan fingerprint density at radius 1 is 1.45 bits per heavy atom. The quantitative estimate of drug-likeness (QED) is 0.571. The van der Waals surface area contributed by atoms with Crippen molar-refractivity contribution in [3.63, 3.8) is 0 Å². The van der Waals surface area contributed by atoms with Gasteiger partial charge in [-0.3, -0.25) is 0 Å². The van der Waals surface area contributed by atoms with E-state index in [1.165, 1.54) is 0 Å². The Kier molecular flexibility index (Phi) is 1.15. The second-order valence-corrected chi connectivity index (χ2v) is 4.27. The van der Waals surface area contributed by atoms with Crippen molar-refractivity contribution in [3.05, 3.63) is 0 Å². The zero-order chi connectivity index (χ0) is 8.11. The van der Waals surface area contributed by atoms with Gasteiger partial charge in [-0.1, -0.05) is 13.8 Å². The zero-order valence-corrected chi connectivity index (χ0v) is 7.05. The number of hydrogen-bond donors (Lipinski definition) is 0. The van der Waals surface area contributed by atoms with Crippen LogP contribution in [0.5, 0.6) is 0 Å². The summed E-state index contributed by atoms with van der Waals surface area (Å²) in [6, 6.07) is 2.26. The largest absolute Gasteiger partial charge is 0.360 e. The summed E-state index contributed by atoms with van der Waals surface area (Å²) in [6.45, 7) is 5.24. The molecule has 0 aromatic carbocycles. The highest BCUT2D eigenvalue weighted by atomic mass is 16.5. The topological polar surface area (TPSA) is 33.0 Å². The van der Waals surface area contributed by atoms with Gasteiger partial charge in [0.2, 0.25) is 0 Å². The third kappa shape index (κ3) is 0.696. The lowest BCUT2D eigenvalue weighted by molar-refractivity contribution is 0.0257. The van der Waals surface area contributed by atoms with Gasteiger partial charge in [0.25, 0.3) is 0 Å². The summed E-state index contributed by atoms with van der Waals surface area (Å²) in [4.78, 5) is 0. The smallest absolute Gasteiger partial charge is 0.155 e. The monoisotopic (exact) mass is 151 g/mol. The lowest BCUT2D eigenvalue weighted by Crippen LogP contribution is -2.45. The number of nitrogens with zero attached hydrogens (tertiary/aromatic N) is 1. The lowest BCUT2D eigenvalue weighted by Gasteiger charge is -2.43. The van der Waals surface area contributed by atoms with E-state index in [0.29, 0.717) is 11.3 Å². The first kappa shape index (κ1) is 7.12. The molecular weight excluding hydrogens is 138 g/mol. The molecule has 0 amide bonds. The summed E-state index contributed by atoms with van der Waals surface area (Å²) in [6.07, 6.45) is 1.93. The third-order valence-electron chi connectivity index (χ3n) is 3.34. The molecule has 2 heteroatoms. The van der Waals surface area contributed by atoms with Gasteiger partial charge >= 0.3 is 0 Å². The highest BCUT2D eigenvalue weighted by Gasteiger charge is 2.64. The van der Waals surface area contributed by atoms with Gasteiger partial charge in [0.05, 0.1) is 12.7 Å². The van der Waals surface area contributed by atoms with Crippen LogP contribution in [0.3, 0.4) is 0 Å². The van der Waals surface area contributed by atoms with Gasteiger partial charge in [0.15, 0.2) is 5.60 Å².